The van der Waals surface area contributed by atoms with Gasteiger partial charge < -0.3 is 15.4 Å². The molecule has 0 aromatic heterocycles. The lowest BCUT2D eigenvalue weighted by Gasteiger charge is -2.31. The van der Waals surface area contributed by atoms with Gasteiger partial charge in [-0.05, 0) is 25.3 Å². The van der Waals surface area contributed by atoms with Crippen molar-refractivity contribution in [3.8, 4) is 0 Å². The average molecular weight is 244 g/mol. The minimum absolute atomic E-state index is 0.0179. The summed E-state index contributed by atoms with van der Waals surface area (Å²) in [4.78, 5) is 13.8. The number of nitrogens with zero attached hydrogens (tertiary/aromatic N) is 1. The number of amides is 1. The van der Waals surface area contributed by atoms with Crippen LogP contribution in [0.4, 0.5) is 0 Å². The van der Waals surface area contributed by atoms with E-state index in [-0.39, 0.29) is 11.3 Å². The first-order chi connectivity index (χ1) is 7.96. The third-order valence-electron chi connectivity index (χ3n) is 2.71. The van der Waals surface area contributed by atoms with Crippen molar-refractivity contribution in [1.82, 2.24) is 4.90 Å². The van der Waals surface area contributed by atoms with E-state index in [0.717, 1.165) is 19.6 Å². The van der Waals surface area contributed by atoms with E-state index in [1.54, 1.807) is 0 Å². The van der Waals surface area contributed by atoms with Crippen LogP contribution in [0.3, 0.4) is 0 Å². The molecule has 17 heavy (non-hydrogen) atoms. The van der Waals surface area contributed by atoms with Crippen LogP contribution in [-0.2, 0) is 9.53 Å². The van der Waals surface area contributed by atoms with Crippen molar-refractivity contribution in [3.05, 3.63) is 0 Å². The normalized spacial score (nSPS) is 11.6. The highest BCUT2D eigenvalue weighted by molar-refractivity contribution is 5.76. The third-order valence-corrected chi connectivity index (χ3v) is 2.71. The van der Waals surface area contributed by atoms with Crippen molar-refractivity contribution in [1.29, 1.82) is 0 Å². The maximum Gasteiger partial charge on any atom is 0.224 e. The van der Waals surface area contributed by atoms with Gasteiger partial charge in [-0.3, -0.25) is 4.79 Å². The van der Waals surface area contributed by atoms with Crippen LogP contribution >= 0.6 is 0 Å². The van der Waals surface area contributed by atoms with Gasteiger partial charge in [0.25, 0.3) is 0 Å². The Balaban J connectivity index is 4.04. The fraction of sp³-hybridized carbons (Fsp3) is 0.923. The maximum absolute atomic E-state index is 11.9. The molecule has 4 nitrogen and oxygen atoms in total. The van der Waals surface area contributed by atoms with Gasteiger partial charge in [0.1, 0.15) is 0 Å². The van der Waals surface area contributed by atoms with Crippen LogP contribution in [0.2, 0.25) is 0 Å². The van der Waals surface area contributed by atoms with Crippen LogP contribution in [0, 0.1) is 5.41 Å². The first-order valence-electron chi connectivity index (χ1n) is 6.52. The molecule has 0 fully saturated rings. The van der Waals surface area contributed by atoms with Crippen molar-refractivity contribution in [3.63, 3.8) is 0 Å². The molecule has 0 rings (SSSR count). The first-order valence-corrected chi connectivity index (χ1v) is 6.52. The van der Waals surface area contributed by atoms with Crippen LogP contribution in [-0.4, -0.2) is 43.7 Å². The monoisotopic (exact) mass is 244 g/mol. The highest BCUT2D eigenvalue weighted by Crippen LogP contribution is 2.15. The number of hydrogen-bond acceptors (Lipinski definition) is 3. The number of carbonyl (C=O) groups excluding carboxylic acids is 1. The lowest BCUT2D eigenvalue weighted by molar-refractivity contribution is -0.133. The van der Waals surface area contributed by atoms with Gasteiger partial charge in [-0.1, -0.05) is 20.8 Å². The third kappa shape index (κ3) is 7.34. The fourth-order valence-corrected chi connectivity index (χ4v) is 1.52. The Morgan fingerprint density at radius 3 is 2.41 bits per heavy atom. The molecule has 0 bridgehead atoms. The molecule has 0 saturated heterocycles. The number of ether oxygens (including phenoxy) is 1. The summed E-state index contributed by atoms with van der Waals surface area (Å²) >= 11 is 0. The Bertz CT molecular complexity index is 217. The minimum Gasteiger partial charge on any atom is -0.381 e. The zero-order valence-electron chi connectivity index (χ0n) is 11.8. The summed E-state index contributed by atoms with van der Waals surface area (Å²) in [6.07, 6.45) is 1.46. The van der Waals surface area contributed by atoms with E-state index in [1.165, 1.54) is 0 Å². The molecule has 0 heterocycles. The Kier molecular flexibility index (Phi) is 8.17. The zero-order valence-corrected chi connectivity index (χ0v) is 11.8. The number of nitrogens with two attached hydrogens (primary N) is 1. The number of hydrogen-bond donors (Lipinski definition) is 1. The van der Waals surface area contributed by atoms with Crippen molar-refractivity contribution >= 4 is 5.91 Å². The Labute approximate surface area is 105 Å². The Hall–Kier alpha value is -0.610. The highest BCUT2D eigenvalue weighted by atomic mass is 16.5. The van der Waals surface area contributed by atoms with Crippen molar-refractivity contribution in [2.75, 3.05) is 32.8 Å². The molecule has 4 heteroatoms. The molecule has 0 aromatic carbocycles. The quantitative estimate of drug-likeness (QED) is 0.627. The van der Waals surface area contributed by atoms with Crippen molar-refractivity contribution < 1.29 is 9.53 Å². The molecule has 102 valence electrons. The Morgan fingerprint density at radius 2 is 1.94 bits per heavy atom. The number of carbonyl (C=O) groups is 1. The molecule has 0 aliphatic rings. The summed E-state index contributed by atoms with van der Waals surface area (Å²) in [5, 5.41) is 0. The van der Waals surface area contributed by atoms with E-state index in [4.69, 9.17) is 10.5 Å². The largest absolute Gasteiger partial charge is 0.381 e. The molecular formula is C13H28N2O2. The van der Waals surface area contributed by atoms with Crippen LogP contribution in [0.25, 0.3) is 0 Å². The topological polar surface area (TPSA) is 55.6 Å². The van der Waals surface area contributed by atoms with E-state index in [9.17, 15) is 4.79 Å². The van der Waals surface area contributed by atoms with E-state index in [1.807, 2.05) is 11.8 Å². The van der Waals surface area contributed by atoms with Gasteiger partial charge in [0.15, 0.2) is 0 Å². The van der Waals surface area contributed by atoms with Gasteiger partial charge in [0, 0.05) is 19.7 Å². The van der Waals surface area contributed by atoms with Gasteiger partial charge in [0.2, 0.25) is 5.91 Å². The second-order valence-electron chi connectivity index (χ2n) is 5.14. The summed E-state index contributed by atoms with van der Waals surface area (Å²) in [6.45, 7) is 11.5. The summed E-state index contributed by atoms with van der Waals surface area (Å²) in [6, 6.07) is 0. The van der Waals surface area contributed by atoms with Gasteiger partial charge in [-0.2, -0.15) is 0 Å². The van der Waals surface area contributed by atoms with Crippen molar-refractivity contribution in [2.45, 2.75) is 40.5 Å². The molecule has 0 spiro atoms. The van der Waals surface area contributed by atoms with Crippen molar-refractivity contribution in [2.24, 2.45) is 11.1 Å². The molecule has 0 radical (unpaired) electrons. The van der Waals surface area contributed by atoms with E-state index >= 15 is 0 Å². The van der Waals surface area contributed by atoms with Crippen LogP contribution in [0.15, 0.2) is 0 Å². The SMILES string of the molecule is CCCOCCC(=O)N(CC)CC(C)(C)CN. The Morgan fingerprint density at radius 1 is 1.29 bits per heavy atom. The molecule has 2 N–H and O–H groups in total. The van der Waals surface area contributed by atoms with Gasteiger partial charge in [-0.15, -0.1) is 0 Å². The predicted octanol–water partition coefficient (Wildman–Crippen LogP) is 1.64. The smallest absolute Gasteiger partial charge is 0.224 e. The predicted molar refractivity (Wildman–Crippen MR) is 70.8 cm³/mol. The first kappa shape index (κ1) is 16.4. The van der Waals surface area contributed by atoms with E-state index in [2.05, 4.69) is 20.8 Å². The summed E-state index contributed by atoms with van der Waals surface area (Å²) < 4.78 is 5.33. The van der Waals surface area contributed by atoms with E-state index < -0.39 is 0 Å². The molecule has 0 unspecified atom stereocenters. The average Bonchev–Trinajstić information content (AvgIpc) is 2.31. The summed E-state index contributed by atoms with van der Waals surface area (Å²) in [5.74, 6) is 0.158. The summed E-state index contributed by atoms with van der Waals surface area (Å²) in [5.41, 5.74) is 5.67. The lowest BCUT2D eigenvalue weighted by atomic mass is 9.93. The van der Waals surface area contributed by atoms with E-state index in [0.29, 0.717) is 26.1 Å². The maximum atomic E-state index is 11.9. The highest BCUT2D eigenvalue weighted by Gasteiger charge is 2.22. The van der Waals surface area contributed by atoms with Crippen LogP contribution < -0.4 is 5.73 Å². The molecule has 0 saturated carbocycles. The zero-order chi connectivity index (χ0) is 13.3. The van der Waals surface area contributed by atoms with Crippen LogP contribution in [0.5, 0.6) is 0 Å². The second-order valence-corrected chi connectivity index (χ2v) is 5.14. The lowest BCUT2D eigenvalue weighted by Crippen LogP contribution is -2.42. The molecule has 0 aliphatic carbocycles. The minimum atomic E-state index is -0.0179. The standard InChI is InChI=1S/C13H28N2O2/c1-5-8-17-9-7-12(16)15(6-2)11-13(3,4)10-14/h5-11,14H2,1-4H3. The summed E-state index contributed by atoms with van der Waals surface area (Å²) in [7, 11) is 0. The number of rotatable bonds is 9. The molecule has 0 aromatic rings. The van der Waals surface area contributed by atoms with Gasteiger partial charge >= 0.3 is 0 Å². The van der Waals surface area contributed by atoms with Gasteiger partial charge in [-0.25, -0.2) is 0 Å². The van der Waals surface area contributed by atoms with Gasteiger partial charge in [0.05, 0.1) is 13.0 Å². The molecule has 0 atom stereocenters. The molecular weight excluding hydrogens is 216 g/mol. The second kappa shape index (κ2) is 8.48. The molecule has 0 aliphatic heterocycles. The fourth-order valence-electron chi connectivity index (χ4n) is 1.52. The molecule has 1 amide bonds. The van der Waals surface area contributed by atoms with Crippen LogP contribution in [0.1, 0.15) is 40.5 Å².